The van der Waals surface area contributed by atoms with E-state index < -0.39 is 18.3 Å². The minimum absolute atomic E-state index is 0.332. The van der Waals surface area contributed by atoms with Crippen LogP contribution in [-0.4, -0.2) is 25.4 Å². The average Bonchev–Trinajstić information content (AvgIpc) is 2.75. The van der Waals surface area contributed by atoms with Crippen LogP contribution in [0.5, 0.6) is 5.75 Å². The summed E-state index contributed by atoms with van der Waals surface area (Å²) in [5.74, 6) is 0.440. The van der Waals surface area contributed by atoms with E-state index in [1.54, 1.807) is 13.2 Å². The first-order valence-electron chi connectivity index (χ1n) is 8.03. The van der Waals surface area contributed by atoms with E-state index in [9.17, 15) is 4.39 Å². The zero-order valence-electron chi connectivity index (χ0n) is 14.7. The Morgan fingerprint density at radius 1 is 0.875 bits per heavy atom. The van der Waals surface area contributed by atoms with Gasteiger partial charge in [0.2, 0.25) is 0 Å². The maximum atomic E-state index is 14.7. The van der Waals surface area contributed by atoms with Crippen LogP contribution in [0.25, 0.3) is 11.1 Å². The summed E-state index contributed by atoms with van der Waals surface area (Å²) in [5, 5.41) is 0. The van der Waals surface area contributed by atoms with Gasteiger partial charge in [-0.15, -0.1) is 0 Å². The molecule has 0 N–H and O–H groups in total. The van der Waals surface area contributed by atoms with Crippen molar-refractivity contribution in [2.75, 3.05) is 7.11 Å². The Bertz CT molecular complexity index is 725. The first kappa shape index (κ1) is 17.0. The number of rotatable bonds is 3. The summed E-state index contributed by atoms with van der Waals surface area (Å²) < 4.78 is 31.7. The predicted molar refractivity (Wildman–Crippen MR) is 94.1 cm³/mol. The third-order valence-electron chi connectivity index (χ3n) is 4.93. The molecule has 3 rings (SSSR count). The van der Waals surface area contributed by atoms with Crippen molar-refractivity contribution in [2.45, 2.75) is 38.9 Å². The van der Waals surface area contributed by atoms with E-state index in [0.717, 1.165) is 16.9 Å². The fourth-order valence-corrected chi connectivity index (χ4v) is 2.65. The van der Waals surface area contributed by atoms with Gasteiger partial charge in [-0.3, -0.25) is 0 Å². The van der Waals surface area contributed by atoms with Crippen molar-refractivity contribution < 1.29 is 18.4 Å². The highest BCUT2D eigenvalue weighted by Crippen LogP contribution is 2.36. The fourth-order valence-electron chi connectivity index (χ4n) is 2.65. The normalized spacial score (nSPS) is 18.7. The van der Waals surface area contributed by atoms with Crippen molar-refractivity contribution in [1.29, 1.82) is 0 Å². The molecule has 3 nitrogen and oxygen atoms in total. The van der Waals surface area contributed by atoms with Crippen LogP contribution in [-0.2, 0) is 9.31 Å². The van der Waals surface area contributed by atoms with Crippen LogP contribution in [0.4, 0.5) is 4.39 Å². The molecule has 0 atom stereocenters. The van der Waals surface area contributed by atoms with Crippen LogP contribution in [0.1, 0.15) is 27.7 Å². The molecular weight excluding hydrogens is 306 g/mol. The maximum Gasteiger partial charge on any atom is 0.497 e. The summed E-state index contributed by atoms with van der Waals surface area (Å²) >= 11 is 0. The molecule has 2 aromatic carbocycles. The highest BCUT2D eigenvalue weighted by atomic mass is 19.1. The van der Waals surface area contributed by atoms with E-state index in [0.29, 0.717) is 5.46 Å². The van der Waals surface area contributed by atoms with Gasteiger partial charge >= 0.3 is 7.12 Å². The molecule has 1 heterocycles. The molecule has 0 radical (unpaired) electrons. The van der Waals surface area contributed by atoms with Crippen LogP contribution < -0.4 is 10.2 Å². The van der Waals surface area contributed by atoms with E-state index in [2.05, 4.69) is 0 Å². The second kappa shape index (κ2) is 5.90. The molecule has 0 aliphatic carbocycles. The van der Waals surface area contributed by atoms with E-state index in [1.807, 2.05) is 58.0 Å². The van der Waals surface area contributed by atoms with Gasteiger partial charge in [0.1, 0.15) is 11.6 Å². The summed E-state index contributed by atoms with van der Waals surface area (Å²) in [6.45, 7) is 7.82. The first-order valence-corrected chi connectivity index (χ1v) is 8.03. The molecule has 24 heavy (non-hydrogen) atoms. The van der Waals surface area contributed by atoms with Gasteiger partial charge in [0, 0.05) is 5.46 Å². The molecule has 0 aromatic heterocycles. The molecule has 2 aromatic rings. The number of halogens is 1. The Morgan fingerprint density at radius 2 is 1.42 bits per heavy atom. The van der Waals surface area contributed by atoms with Crippen molar-refractivity contribution in [3.8, 4) is 16.9 Å². The molecule has 0 spiro atoms. The summed E-state index contributed by atoms with van der Waals surface area (Å²) in [5.41, 5.74) is 1.17. The van der Waals surface area contributed by atoms with Crippen molar-refractivity contribution >= 4 is 12.6 Å². The molecule has 0 amide bonds. The Labute approximate surface area is 142 Å². The summed E-state index contributed by atoms with van der Waals surface area (Å²) in [6, 6.07) is 12.7. The molecule has 5 heteroatoms. The lowest BCUT2D eigenvalue weighted by Crippen LogP contribution is -2.41. The van der Waals surface area contributed by atoms with Crippen molar-refractivity contribution in [2.24, 2.45) is 0 Å². The lowest BCUT2D eigenvalue weighted by Gasteiger charge is -2.32. The number of benzene rings is 2. The molecule has 0 saturated carbocycles. The van der Waals surface area contributed by atoms with E-state index in [4.69, 9.17) is 14.0 Å². The van der Waals surface area contributed by atoms with Gasteiger partial charge < -0.3 is 14.0 Å². The van der Waals surface area contributed by atoms with Crippen molar-refractivity contribution in [1.82, 2.24) is 0 Å². The van der Waals surface area contributed by atoms with Gasteiger partial charge in [0.05, 0.1) is 18.3 Å². The van der Waals surface area contributed by atoms with E-state index in [-0.39, 0.29) is 5.82 Å². The minimum atomic E-state index is -0.695. The molecule has 1 saturated heterocycles. The van der Waals surface area contributed by atoms with Crippen LogP contribution in [0.2, 0.25) is 0 Å². The van der Waals surface area contributed by atoms with Gasteiger partial charge in [0.15, 0.2) is 0 Å². The van der Waals surface area contributed by atoms with Crippen LogP contribution in [0.15, 0.2) is 42.5 Å². The summed E-state index contributed by atoms with van der Waals surface area (Å²) in [6.07, 6.45) is 0. The van der Waals surface area contributed by atoms with Gasteiger partial charge in [-0.25, -0.2) is 4.39 Å². The third kappa shape index (κ3) is 2.94. The van der Waals surface area contributed by atoms with Gasteiger partial charge in [0.25, 0.3) is 0 Å². The topological polar surface area (TPSA) is 27.7 Å². The Kier molecular flexibility index (Phi) is 4.18. The van der Waals surface area contributed by atoms with Gasteiger partial charge in [-0.1, -0.05) is 24.3 Å². The quantitative estimate of drug-likeness (QED) is 0.802. The predicted octanol–water partition coefficient (Wildman–Crippen LogP) is 3.80. The number of hydrogen-bond donors (Lipinski definition) is 0. The zero-order valence-corrected chi connectivity index (χ0v) is 14.7. The molecule has 1 aliphatic rings. The standard InChI is InChI=1S/C19H22BFO3/c1-18(2)19(3,4)24-20(23-18)16-11-8-14(12-17(16)21)13-6-9-15(22-5)10-7-13/h6-12H,1-5H3. The highest BCUT2D eigenvalue weighted by molar-refractivity contribution is 6.62. The highest BCUT2D eigenvalue weighted by Gasteiger charge is 2.52. The monoisotopic (exact) mass is 328 g/mol. The smallest absolute Gasteiger partial charge is 0.497 e. The van der Waals surface area contributed by atoms with Gasteiger partial charge in [-0.2, -0.15) is 0 Å². The lowest BCUT2D eigenvalue weighted by molar-refractivity contribution is 0.00578. The van der Waals surface area contributed by atoms with E-state index >= 15 is 0 Å². The largest absolute Gasteiger partial charge is 0.497 e. The summed E-state index contributed by atoms with van der Waals surface area (Å²) in [4.78, 5) is 0. The Morgan fingerprint density at radius 3 is 1.92 bits per heavy atom. The van der Waals surface area contributed by atoms with Crippen LogP contribution >= 0.6 is 0 Å². The molecule has 0 bridgehead atoms. The number of methoxy groups -OCH3 is 1. The third-order valence-corrected chi connectivity index (χ3v) is 4.93. The van der Waals surface area contributed by atoms with Crippen LogP contribution in [0, 0.1) is 5.82 Å². The van der Waals surface area contributed by atoms with Crippen molar-refractivity contribution in [3.63, 3.8) is 0 Å². The second-order valence-electron chi connectivity index (χ2n) is 7.05. The second-order valence-corrected chi connectivity index (χ2v) is 7.05. The molecule has 126 valence electrons. The minimum Gasteiger partial charge on any atom is -0.497 e. The lowest BCUT2D eigenvalue weighted by atomic mass is 9.78. The van der Waals surface area contributed by atoms with Crippen molar-refractivity contribution in [3.05, 3.63) is 48.3 Å². The Hall–Kier alpha value is -1.85. The van der Waals surface area contributed by atoms with Gasteiger partial charge in [-0.05, 0) is 57.0 Å². The molecular formula is C19H22BFO3. The van der Waals surface area contributed by atoms with Crippen LogP contribution in [0.3, 0.4) is 0 Å². The SMILES string of the molecule is COc1ccc(-c2ccc(B3OC(C)(C)C(C)(C)O3)c(F)c2)cc1. The molecule has 0 unspecified atom stereocenters. The zero-order chi connectivity index (χ0) is 17.5. The average molecular weight is 328 g/mol. The fraction of sp³-hybridized carbons (Fsp3) is 0.368. The Balaban J connectivity index is 1.88. The summed E-state index contributed by atoms with van der Waals surface area (Å²) in [7, 11) is 0.925. The number of hydrogen-bond acceptors (Lipinski definition) is 3. The number of ether oxygens (including phenoxy) is 1. The van der Waals surface area contributed by atoms with E-state index in [1.165, 1.54) is 6.07 Å². The maximum absolute atomic E-state index is 14.7. The molecule has 1 fully saturated rings. The molecule has 1 aliphatic heterocycles. The first-order chi connectivity index (χ1) is 11.2.